The summed E-state index contributed by atoms with van der Waals surface area (Å²) in [5.41, 5.74) is 0.0677. The van der Waals surface area contributed by atoms with Gasteiger partial charge in [-0.2, -0.15) is 0 Å². The Morgan fingerprint density at radius 3 is 2.55 bits per heavy atom. The van der Waals surface area contributed by atoms with Crippen molar-refractivity contribution in [1.29, 1.82) is 0 Å². The zero-order chi connectivity index (χ0) is 16.3. The maximum absolute atomic E-state index is 11.5. The maximum Gasteiger partial charge on any atom is 0.394 e. The fraction of sp³-hybridized carbons (Fsp3) is 0.357. The van der Waals surface area contributed by atoms with Gasteiger partial charge in [0, 0.05) is 13.1 Å². The van der Waals surface area contributed by atoms with Gasteiger partial charge in [0.2, 0.25) is 0 Å². The third-order valence-electron chi connectivity index (χ3n) is 3.44. The molecule has 0 radical (unpaired) electrons. The zero-order valence-corrected chi connectivity index (χ0v) is 11.7. The Hall–Kier alpha value is -2.61. The molecule has 1 aliphatic rings. The van der Waals surface area contributed by atoms with Gasteiger partial charge in [0.1, 0.15) is 5.56 Å². The van der Waals surface area contributed by atoms with Gasteiger partial charge in [-0.3, -0.25) is 4.79 Å². The third-order valence-corrected chi connectivity index (χ3v) is 3.44. The van der Waals surface area contributed by atoms with E-state index in [-0.39, 0.29) is 17.8 Å². The van der Waals surface area contributed by atoms with Gasteiger partial charge in [-0.25, -0.2) is 9.59 Å². The normalized spacial score (nSPS) is 17.9. The molecule has 0 aromatic heterocycles. The quantitative estimate of drug-likeness (QED) is 0.594. The smallest absolute Gasteiger partial charge is 0.394 e. The number of β-amino-alcohol motifs (C(OH)–C–C–N with tert-alkyl or cyclic N) is 1. The van der Waals surface area contributed by atoms with Crippen LogP contribution in [0.2, 0.25) is 0 Å². The Bertz CT molecular complexity index is 615. The fourth-order valence-corrected chi connectivity index (χ4v) is 2.48. The number of aromatic carboxylic acids is 1. The summed E-state index contributed by atoms with van der Waals surface area (Å²) in [5.74, 6) is -4.29. The first-order valence-electron chi connectivity index (χ1n) is 6.73. The van der Waals surface area contributed by atoms with Crippen molar-refractivity contribution in [1.82, 2.24) is 0 Å². The van der Waals surface area contributed by atoms with Crippen LogP contribution in [0.3, 0.4) is 0 Å². The molecule has 1 heterocycles. The summed E-state index contributed by atoms with van der Waals surface area (Å²) < 4.78 is 0. The maximum atomic E-state index is 11.5. The van der Waals surface area contributed by atoms with Gasteiger partial charge < -0.3 is 25.5 Å². The van der Waals surface area contributed by atoms with E-state index in [0.29, 0.717) is 25.1 Å². The molecule has 1 aromatic carbocycles. The Balaban J connectivity index is 2.39. The van der Waals surface area contributed by atoms with E-state index in [0.717, 1.165) is 0 Å². The van der Waals surface area contributed by atoms with Gasteiger partial charge in [-0.15, -0.1) is 0 Å². The molecule has 1 aliphatic heterocycles. The van der Waals surface area contributed by atoms with E-state index in [2.05, 4.69) is 5.32 Å². The molecular weight excluding hydrogens is 292 g/mol. The van der Waals surface area contributed by atoms with Crippen LogP contribution in [-0.4, -0.2) is 52.4 Å². The number of rotatable bonds is 3. The number of aliphatic hydroxyl groups excluding tert-OH is 1. The number of carboxylic acid groups (broad SMARTS) is 2. The van der Waals surface area contributed by atoms with Gasteiger partial charge in [-0.1, -0.05) is 6.07 Å². The van der Waals surface area contributed by atoms with Crippen molar-refractivity contribution < 1.29 is 29.7 Å². The molecule has 1 aromatic rings. The second kappa shape index (κ2) is 6.44. The Labute approximate surface area is 126 Å². The lowest BCUT2D eigenvalue weighted by Crippen LogP contribution is -2.39. The average molecular weight is 308 g/mol. The molecule has 1 atom stereocenters. The third kappa shape index (κ3) is 3.34. The molecule has 22 heavy (non-hydrogen) atoms. The summed E-state index contributed by atoms with van der Waals surface area (Å²) >= 11 is 0. The molecule has 1 fully saturated rings. The van der Waals surface area contributed by atoms with Crippen LogP contribution in [-0.2, 0) is 9.59 Å². The minimum atomic E-state index is -1.70. The second-order valence-corrected chi connectivity index (χ2v) is 5.01. The molecular formula is C14H16N2O6. The van der Waals surface area contributed by atoms with Crippen LogP contribution in [0, 0.1) is 0 Å². The largest absolute Gasteiger partial charge is 0.478 e. The van der Waals surface area contributed by atoms with Crippen molar-refractivity contribution in [2.45, 2.75) is 18.9 Å². The van der Waals surface area contributed by atoms with E-state index in [9.17, 15) is 24.6 Å². The van der Waals surface area contributed by atoms with E-state index in [1.165, 1.54) is 12.1 Å². The number of carbonyl (C=O) groups is 3. The number of carboxylic acids is 2. The lowest BCUT2D eigenvalue weighted by atomic mass is 10.0. The standard InChI is InChI=1S/C14H16N2O6/c17-8-3-2-6-16(7-8)10-5-1-4-9(11(10)13(19)20)15-12(18)14(21)22/h1,4-5,8,17H,2-3,6-7H2,(H,15,18)(H,19,20)(H,21,22). The Kier molecular flexibility index (Phi) is 4.62. The lowest BCUT2D eigenvalue weighted by molar-refractivity contribution is -0.147. The number of nitrogens with zero attached hydrogens (tertiary/aromatic N) is 1. The predicted molar refractivity (Wildman–Crippen MR) is 77.1 cm³/mol. The highest BCUT2D eigenvalue weighted by Gasteiger charge is 2.25. The summed E-state index contributed by atoms with van der Waals surface area (Å²) in [6.45, 7) is 0.865. The predicted octanol–water partition coefficient (Wildman–Crippen LogP) is 0.369. The monoisotopic (exact) mass is 308 g/mol. The zero-order valence-electron chi connectivity index (χ0n) is 11.7. The highest BCUT2D eigenvalue weighted by atomic mass is 16.4. The lowest BCUT2D eigenvalue weighted by Gasteiger charge is -2.33. The van der Waals surface area contributed by atoms with E-state index >= 15 is 0 Å². The highest BCUT2D eigenvalue weighted by molar-refractivity contribution is 6.37. The Morgan fingerprint density at radius 2 is 1.95 bits per heavy atom. The minimum Gasteiger partial charge on any atom is -0.478 e. The number of aliphatic hydroxyl groups is 1. The Morgan fingerprint density at radius 1 is 1.23 bits per heavy atom. The second-order valence-electron chi connectivity index (χ2n) is 5.01. The fourth-order valence-electron chi connectivity index (χ4n) is 2.48. The van der Waals surface area contributed by atoms with E-state index in [1.807, 2.05) is 0 Å². The highest BCUT2D eigenvalue weighted by Crippen LogP contribution is 2.30. The summed E-state index contributed by atoms with van der Waals surface area (Å²) in [7, 11) is 0. The number of anilines is 2. The first-order chi connectivity index (χ1) is 10.4. The number of piperidine rings is 1. The van der Waals surface area contributed by atoms with Crippen LogP contribution in [0.25, 0.3) is 0 Å². The summed E-state index contributed by atoms with van der Waals surface area (Å²) in [6.07, 6.45) is 0.813. The molecule has 0 bridgehead atoms. The minimum absolute atomic E-state index is 0.0857. The average Bonchev–Trinajstić information content (AvgIpc) is 2.46. The summed E-state index contributed by atoms with van der Waals surface area (Å²) in [4.78, 5) is 35.1. The molecule has 8 heteroatoms. The first kappa shape index (κ1) is 15.8. The van der Waals surface area contributed by atoms with Gasteiger partial charge in [0.15, 0.2) is 0 Å². The van der Waals surface area contributed by atoms with E-state index < -0.39 is 23.9 Å². The van der Waals surface area contributed by atoms with E-state index in [1.54, 1.807) is 11.0 Å². The molecule has 4 N–H and O–H groups in total. The van der Waals surface area contributed by atoms with E-state index in [4.69, 9.17) is 5.11 Å². The van der Waals surface area contributed by atoms with Gasteiger partial charge in [0.25, 0.3) is 0 Å². The molecule has 1 amide bonds. The first-order valence-corrected chi connectivity index (χ1v) is 6.73. The van der Waals surface area contributed by atoms with Crippen molar-refractivity contribution in [3.05, 3.63) is 23.8 Å². The van der Waals surface area contributed by atoms with Crippen LogP contribution in [0.5, 0.6) is 0 Å². The molecule has 0 spiro atoms. The number of benzene rings is 1. The number of amides is 1. The number of hydrogen-bond donors (Lipinski definition) is 4. The van der Waals surface area contributed by atoms with Crippen LogP contribution < -0.4 is 10.2 Å². The number of nitrogens with one attached hydrogen (secondary N) is 1. The van der Waals surface area contributed by atoms with Gasteiger partial charge in [0.05, 0.1) is 17.5 Å². The molecule has 118 valence electrons. The molecule has 2 rings (SSSR count). The number of hydrogen-bond acceptors (Lipinski definition) is 5. The van der Waals surface area contributed by atoms with Gasteiger partial charge in [-0.05, 0) is 25.0 Å². The topological polar surface area (TPSA) is 127 Å². The van der Waals surface area contributed by atoms with Crippen molar-refractivity contribution in [3.63, 3.8) is 0 Å². The van der Waals surface area contributed by atoms with Crippen LogP contribution in [0.15, 0.2) is 18.2 Å². The molecule has 0 aliphatic carbocycles. The van der Waals surface area contributed by atoms with Crippen molar-refractivity contribution in [2.24, 2.45) is 0 Å². The molecule has 0 saturated carbocycles. The molecule has 1 unspecified atom stereocenters. The SMILES string of the molecule is O=C(O)C(=O)Nc1cccc(N2CCCC(O)C2)c1C(=O)O. The van der Waals surface area contributed by atoms with Crippen molar-refractivity contribution in [3.8, 4) is 0 Å². The number of carbonyl (C=O) groups excluding carboxylic acids is 1. The van der Waals surface area contributed by atoms with Crippen molar-refractivity contribution in [2.75, 3.05) is 23.3 Å². The molecule has 8 nitrogen and oxygen atoms in total. The summed E-state index contributed by atoms with van der Waals surface area (Å²) in [6, 6.07) is 4.42. The molecule has 1 saturated heterocycles. The van der Waals surface area contributed by atoms with Crippen molar-refractivity contribution >= 4 is 29.2 Å². The van der Waals surface area contributed by atoms with Gasteiger partial charge >= 0.3 is 17.8 Å². The summed E-state index contributed by atoms with van der Waals surface area (Å²) in [5, 5.41) is 29.8. The van der Waals surface area contributed by atoms with Crippen LogP contribution >= 0.6 is 0 Å². The number of aliphatic carboxylic acids is 1. The van der Waals surface area contributed by atoms with Crippen LogP contribution in [0.1, 0.15) is 23.2 Å². The van der Waals surface area contributed by atoms with Crippen LogP contribution in [0.4, 0.5) is 11.4 Å².